The predicted molar refractivity (Wildman–Crippen MR) is 55.1 cm³/mol. The molecular weight excluding hydrogens is 176 g/mol. The van der Waals surface area contributed by atoms with Crippen LogP contribution in [0.3, 0.4) is 0 Å². The lowest BCUT2D eigenvalue weighted by molar-refractivity contribution is 0.673. The summed E-state index contributed by atoms with van der Waals surface area (Å²) in [5, 5.41) is 0. The van der Waals surface area contributed by atoms with Crippen molar-refractivity contribution in [2.75, 3.05) is 11.5 Å². The van der Waals surface area contributed by atoms with Crippen molar-refractivity contribution in [3.8, 4) is 0 Å². The van der Waals surface area contributed by atoms with Crippen molar-refractivity contribution in [2.24, 2.45) is 11.8 Å². The van der Waals surface area contributed by atoms with E-state index in [2.05, 4.69) is 27.7 Å². The second-order valence-corrected chi connectivity index (χ2v) is 6.87. The van der Waals surface area contributed by atoms with Crippen molar-refractivity contribution >= 4 is 20.6 Å². The summed E-state index contributed by atoms with van der Waals surface area (Å²) in [6.07, 6.45) is 0. The minimum Gasteiger partial charge on any atom is -0.248 e. The van der Waals surface area contributed by atoms with Crippen LogP contribution in [0.15, 0.2) is 0 Å². The van der Waals surface area contributed by atoms with Crippen LogP contribution in [-0.2, 0) is 9.83 Å². The van der Waals surface area contributed by atoms with Crippen LogP contribution < -0.4 is 0 Å². The van der Waals surface area contributed by atoms with Gasteiger partial charge >= 0.3 is 0 Å². The molecule has 0 aromatic heterocycles. The van der Waals surface area contributed by atoms with Crippen LogP contribution in [0.1, 0.15) is 27.7 Å². The molecule has 0 aliphatic rings. The van der Waals surface area contributed by atoms with E-state index in [9.17, 15) is 4.21 Å². The largest absolute Gasteiger partial charge is 0.248 e. The highest BCUT2D eigenvalue weighted by Crippen LogP contribution is 2.14. The first-order valence-electron chi connectivity index (χ1n) is 4.04. The standard InChI is InChI=1S/C8H18OS2/c1-7(2)5-10-11(9)6-8(3)4/h7-8H,5-6H2,1-4H3. The quantitative estimate of drug-likeness (QED) is 0.626. The first-order valence-corrected chi connectivity index (χ1v) is 6.86. The van der Waals surface area contributed by atoms with Gasteiger partial charge in [0.05, 0.1) is 9.83 Å². The van der Waals surface area contributed by atoms with Crippen LogP contribution in [0.25, 0.3) is 0 Å². The molecule has 0 rings (SSSR count). The highest BCUT2D eigenvalue weighted by molar-refractivity contribution is 8.69. The van der Waals surface area contributed by atoms with E-state index in [-0.39, 0.29) is 0 Å². The average Bonchev–Trinajstić information content (AvgIpc) is 1.82. The Morgan fingerprint density at radius 2 is 1.73 bits per heavy atom. The zero-order chi connectivity index (χ0) is 8.85. The minimum absolute atomic E-state index is 0.551. The van der Waals surface area contributed by atoms with Gasteiger partial charge < -0.3 is 0 Å². The molecule has 0 fully saturated rings. The molecule has 0 saturated heterocycles. The molecule has 0 bridgehead atoms. The normalized spacial score (nSPS) is 14.4. The van der Waals surface area contributed by atoms with Gasteiger partial charge in [-0.15, -0.1) is 0 Å². The van der Waals surface area contributed by atoms with Gasteiger partial charge in [-0.1, -0.05) is 38.5 Å². The summed E-state index contributed by atoms with van der Waals surface area (Å²) in [6, 6.07) is 0. The fourth-order valence-electron chi connectivity index (χ4n) is 0.532. The van der Waals surface area contributed by atoms with Crippen molar-refractivity contribution < 1.29 is 4.21 Å². The maximum absolute atomic E-state index is 11.2. The third-order valence-electron chi connectivity index (χ3n) is 1.00. The van der Waals surface area contributed by atoms with E-state index in [1.165, 1.54) is 0 Å². The lowest BCUT2D eigenvalue weighted by Crippen LogP contribution is -2.02. The minimum atomic E-state index is -0.654. The summed E-state index contributed by atoms with van der Waals surface area (Å²) < 4.78 is 11.2. The second kappa shape index (κ2) is 6.06. The van der Waals surface area contributed by atoms with Gasteiger partial charge in [-0.2, -0.15) is 0 Å². The van der Waals surface area contributed by atoms with Crippen LogP contribution in [0.2, 0.25) is 0 Å². The van der Waals surface area contributed by atoms with Gasteiger partial charge in [0.1, 0.15) is 0 Å². The number of hydrogen-bond acceptors (Lipinski definition) is 2. The first-order chi connectivity index (χ1) is 5.02. The van der Waals surface area contributed by atoms with E-state index in [0.717, 1.165) is 11.5 Å². The molecule has 0 aliphatic heterocycles. The molecule has 0 radical (unpaired) electrons. The van der Waals surface area contributed by atoms with Crippen molar-refractivity contribution in [1.29, 1.82) is 0 Å². The summed E-state index contributed by atoms with van der Waals surface area (Å²) in [7, 11) is 0.931. The molecule has 11 heavy (non-hydrogen) atoms. The van der Waals surface area contributed by atoms with Crippen molar-refractivity contribution in [3.05, 3.63) is 0 Å². The van der Waals surface area contributed by atoms with Gasteiger partial charge in [0.25, 0.3) is 0 Å². The zero-order valence-electron chi connectivity index (χ0n) is 7.79. The van der Waals surface area contributed by atoms with Gasteiger partial charge in [-0.05, 0) is 11.8 Å². The van der Waals surface area contributed by atoms with Gasteiger partial charge in [-0.25, -0.2) is 4.21 Å². The topological polar surface area (TPSA) is 17.1 Å². The molecule has 0 aromatic carbocycles. The molecule has 0 spiro atoms. The lowest BCUT2D eigenvalue weighted by Gasteiger charge is -2.05. The molecule has 0 aromatic rings. The molecule has 68 valence electrons. The van der Waals surface area contributed by atoms with Gasteiger partial charge in [0.15, 0.2) is 0 Å². The van der Waals surface area contributed by atoms with Crippen molar-refractivity contribution in [3.63, 3.8) is 0 Å². The molecule has 1 unspecified atom stereocenters. The van der Waals surface area contributed by atoms with E-state index in [0.29, 0.717) is 11.8 Å². The van der Waals surface area contributed by atoms with Crippen LogP contribution in [0.4, 0.5) is 0 Å². The summed E-state index contributed by atoms with van der Waals surface area (Å²) >= 11 is 0. The number of rotatable bonds is 5. The Balaban J connectivity index is 3.38. The van der Waals surface area contributed by atoms with Crippen molar-refractivity contribution in [1.82, 2.24) is 0 Å². The van der Waals surface area contributed by atoms with E-state index in [4.69, 9.17) is 0 Å². The van der Waals surface area contributed by atoms with Crippen LogP contribution in [0, 0.1) is 11.8 Å². The zero-order valence-corrected chi connectivity index (χ0v) is 9.43. The summed E-state index contributed by atoms with van der Waals surface area (Å²) in [5.41, 5.74) is 0. The SMILES string of the molecule is CC(C)CSS(=O)CC(C)C. The predicted octanol–water partition coefficient (Wildman–Crippen LogP) is 2.70. The van der Waals surface area contributed by atoms with Gasteiger partial charge in [0, 0.05) is 11.5 Å². The van der Waals surface area contributed by atoms with Crippen LogP contribution >= 0.6 is 10.8 Å². The highest BCUT2D eigenvalue weighted by Gasteiger charge is 2.04. The maximum atomic E-state index is 11.2. The Morgan fingerprint density at radius 3 is 2.09 bits per heavy atom. The third-order valence-corrected chi connectivity index (χ3v) is 4.61. The van der Waals surface area contributed by atoms with E-state index < -0.39 is 9.83 Å². The highest BCUT2D eigenvalue weighted by atomic mass is 33.1. The smallest absolute Gasteiger partial charge is 0.0806 e. The fraction of sp³-hybridized carbons (Fsp3) is 1.00. The molecule has 1 nitrogen and oxygen atoms in total. The molecular formula is C8H18OS2. The van der Waals surface area contributed by atoms with Crippen molar-refractivity contribution in [2.45, 2.75) is 27.7 Å². The fourth-order valence-corrected chi connectivity index (χ4v) is 3.97. The second-order valence-electron chi connectivity index (χ2n) is 3.54. The summed E-state index contributed by atoms with van der Waals surface area (Å²) in [6.45, 7) is 8.51. The average molecular weight is 194 g/mol. The summed E-state index contributed by atoms with van der Waals surface area (Å²) in [4.78, 5) is 0. The molecule has 3 heteroatoms. The van der Waals surface area contributed by atoms with E-state index >= 15 is 0 Å². The summed E-state index contributed by atoms with van der Waals surface area (Å²) in [5.74, 6) is 3.04. The van der Waals surface area contributed by atoms with E-state index in [1.807, 2.05) is 0 Å². The Bertz CT molecular complexity index is 121. The molecule has 0 amide bonds. The van der Waals surface area contributed by atoms with Gasteiger partial charge in [-0.3, -0.25) is 0 Å². The Kier molecular flexibility index (Phi) is 6.34. The van der Waals surface area contributed by atoms with Crippen LogP contribution in [0.5, 0.6) is 0 Å². The Morgan fingerprint density at radius 1 is 1.18 bits per heavy atom. The Hall–Kier alpha value is 0.500. The Labute approximate surface area is 76.2 Å². The van der Waals surface area contributed by atoms with Gasteiger partial charge in [0.2, 0.25) is 0 Å². The first kappa shape index (κ1) is 11.5. The maximum Gasteiger partial charge on any atom is 0.0806 e. The van der Waals surface area contributed by atoms with Crippen LogP contribution in [-0.4, -0.2) is 15.7 Å². The monoisotopic (exact) mass is 194 g/mol. The van der Waals surface area contributed by atoms with E-state index in [1.54, 1.807) is 10.8 Å². The third kappa shape index (κ3) is 8.41. The molecule has 0 heterocycles. The lowest BCUT2D eigenvalue weighted by atomic mass is 10.3. The number of hydrogen-bond donors (Lipinski definition) is 0. The molecule has 0 saturated carbocycles. The molecule has 1 atom stereocenters. The molecule has 0 aliphatic carbocycles. The molecule has 0 N–H and O–H groups in total.